The topological polar surface area (TPSA) is 122 Å². The average Bonchev–Trinajstić information content (AvgIpc) is 3.11. The fourth-order valence-electron chi connectivity index (χ4n) is 4.08. The zero-order valence-corrected chi connectivity index (χ0v) is 18.5. The van der Waals surface area contributed by atoms with Crippen LogP contribution >= 0.6 is 0 Å². The van der Waals surface area contributed by atoms with E-state index in [0.29, 0.717) is 44.4 Å². The molecule has 30 heavy (non-hydrogen) atoms. The van der Waals surface area contributed by atoms with Crippen LogP contribution in [0.25, 0.3) is 0 Å². The number of fused-ring (bicyclic) bond motifs is 3. The molecular weight excluding hydrogens is 412 g/mol. The Balaban J connectivity index is 1.88. The Morgan fingerprint density at radius 2 is 1.97 bits per heavy atom. The van der Waals surface area contributed by atoms with Crippen LogP contribution in [0.5, 0.6) is 5.75 Å². The number of sulfone groups is 1. The molecule has 3 atom stereocenters. The molecule has 3 aliphatic heterocycles. The molecule has 1 amide bonds. The summed E-state index contributed by atoms with van der Waals surface area (Å²) in [6.07, 6.45) is 1.05. The average molecular weight is 441 g/mol. The van der Waals surface area contributed by atoms with Crippen molar-refractivity contribution >= 4 is 21.6 Å². The number of carbonyl (C=O) groups excluding carboxylic acids is 1. The highest BCUT2D eigenvalue weighted by molar-refractivity contribution is 7.91. The summed E-state index contributed by atoms with van der Waals surface area (Å²) in [6, 6.07) is -0.103. The van der Waals surface area contributed by atoms with Crippen molar-refractivity contribution in [2.45, 2.75) is 50.1 Å². The lowest BCUT2D eigenvalue weighted by Crippen LogP contribution is -2.56. The molecule has 2 fully saturated rings. The summed E-state index contributed by atoms with van der Waals surface area (Å²) in [7, 11) is -3.58. The minimum Gasteiger partial charge on any atom is -0.486 e. The Kier molecular flexibility index (Phi) is 5.18. The van der Waals surface area contributed by atoms with E-state index < -0.39 is 26.6 Å². The summed E-state index contributed by atoms with van der Waals surface area (Å²) in [4.78, 5) is 25.6. The van der Waals surface area contributed by atoms with Gasteiger partial charge in [0.05, 0.1) is 31.4 Å². The van der Waals surface area contributed by atoms with Crippen LogP contribution in [-0.2, 0) is 19.3 Å². The molecule has 0 radical (unpaired) electrons. The number of ether oxygens (including phenoxy) is 2. The standard InChI is InChI=1S/C19H28N4O6S/c1-11-8-28-9-12-10-29-14-15(19(2,3)30(4,26)27)20-16(21-17(14)23(11)12)18(25)22-6-5-13(24)7-22/h11-13,24H,5-10H2,1-4H3. The van der Waals surface area contributed by atoms with Crippen LogP contribution in [0.15, 0.2) is 0 Å². The molecule has 166 valence electrons. The van der Waals surface area contributed by atoms with Crippen LogP contribution in [-0.4, -0.2) is 91.7 Å². The lowest BCUT2D eigenvalue weighted by atomic mass is 10.0. The molecular formula is C19H28N4O6S. The third kappa shape index (κ3) is 3.42. The highest BCUT2D eigenvalue weighted by Gasteiger charge is 2.44. The van der Waals surface area contributed by atoms with Gasteiger partial charge < -0.3 is 24.4 Å². The lowest BCUT2D eigenvalue weighted by molar-refractivity contribution is 0.0480. The maximum Gasteiger partial charge on any atom is 0.291 e. The zero-order valence-electron chi connectivity index (χ0n) is 17.7. The van der Waals surface area contributed by atoms with E-state index >= 15 is 0 Å². The maximum atomic E-state index is 13.1. The van der Waals surface area contributed by atoms with Crippen LogP contribution in [0.3, 0.4) is 0 Å². The first-order valence-electron chi connectivity index (χ1n) is 10.1. The molecule has 2 saturated heterocycles. The number of nitrogens with zero attached hydrogens (tertiary/aromatic N) is 4. The van der Waals surface area contributed by atoms with Crippen molar-refractivity contribution < 1.29 is 27.8 Å². The largest absolute Gasteiger partial charge is 0.486 e. The van der Waals surface area contributed by atoms with E-state index in [9.17, 15) is 18.3 Å². The summed E-state index contributed by atoms with van der Waals surface area (Å²) in [5, 5.41) is 9.81. The first-order valence-corrected chi connectivity index (χ1v) is 12.0. The molecule has 4 heterocycles. The van der Waals surface area contributed by atoms with E-state index in [4.69, 9.17) is 9.47 Å². The number of anilines is 1. The van der Waals surface area contributed by atoms with E-state index in [-0.39, 0.29) is 30.1 Å². The Bertz CT molecular complexity index is 966. The third-order valence-corrected chi connectivity index (χ3v) is 8.24. The van der Waals surface area contributed by atoms with Gasteiger partial charge in [-0.2, -0.15) is 0 Å². The number of aliphatic hydroxyl groups is 1. The van der Waals surface area contributed by atoms with Gasteiger partial charge in [0.2, 0.25) is 5.82 Å². The van der Waals surface area contributed by atoms with E-state index in [2.05, 4.69) is 9.97 Å². The molecule has 0 bridgehead atoms. The quantitative estimate of drug-likeness (QED) is 0.689. The number of carbonyl (C=O) groups is 1. The zero-order chi connectivity index (χ0) is 21.8. The molecule has 3 aliphatic rings. The highest BCUT2D eigenvalue weighted by Crippen LogP contribution is 2.43. The molecule has 11 heteroatoms. The van der Waals surface area contributed by atoms with Gasteiger partial charge in [-0.25, -0.2) is 18.4 Å². The summed E-state index contributed by atoms with van der Waals surface area (Å²) >= 11 is 0. The number of amides is 1. The van der Waals surface area contributed by atoms with Gasteiger partial charge in [0.15, 0.2) is 21.4 Å². The number of hydrogen-bond acceptors (Lipinski definition) is 9. The maximum absolute atomic E-state index is 13.1. The van der Waals surface area contributed by atoms with Crippen molar-refractivity contribution in [3.8, 4) is 5.75 Å². The SMILES string of the molecule is CC1COCC2COc3c(nc(C(=O)N4CCC(O)C4)nc3C(C)(C)S(C)(=O)=O)N12. The Morgan fingerprint density at radius 1 is 1.23 bits per heavy atom. The summed E-state index contributed by atoms with van der Waals surface area (Å²) in [6.45, 7) is 6.97. The molecule has 3 unspecified atom stereocenters. The molecule has 10 nitrogen and oxygen atoms in total. The van der Waals surface area contributed by atoms with Crippen molar-refractivity contribution in [1.82, 2.24) is 14.9 Å². The van der Waals surface area contributed by atoms with E-state index in [1.807, 2.05) is 11.8 Å². The van der Waals surface area contributed by atoms with Gasteiger partial charge in [-0.05, 0) is 27.2 Å². The first-order chi connectivity index (χ1) is 14.0. The monoisotopic (exact) mass is 440 g/mol. The summed E-state index contributed by atoms with van der Waals surface area (Å²) < 4.78 is 35.4. The van der Waals surface area contributed by atoms with E-state index in [0.717, 1.165) is 6.26 Å². The van der Waals surface area contributed by atoms with Gasteiger partial charge in [0.1, 0.15) is 17.0 Å². The van der Waals surface area contributed by atoms with Gasteiger partial charge >= 0.3 is 0 Å². The van der Waals surface area contributed by atoms with Crippen molar-refractivity contribution in [2.75, 3.05) is 44.1 Å². The second-order valence-electron chi connectivity index (χ2n) is 8.78. The van der Waals surface area contributed by atoms with Crippen molar-refractivity contribution in [3.63, 3.8) is 0 Å². The number of hydrogen-bond donors (Lipinski definition) is 1. The number of morpholine rings is 1. The van der Waals surface area contributed by atoms with Crippen LogP contribution in [0.2, 0.25) is 0 Å². The van der Waals surface area contributed by atoms with Crippen LogP contribution < -0.4 is 9.64 Å². The van der Waals surface area contributed by atoms with Gasteiger partial charge in [-0.3, -0.25) is 4.79 Å². The highest BCUT2D eigenvalue weighted by atomic mass is 32.2. The Labute approximate surface area is 176 Å². The summed E-state index contributed by atoms with van der Waals surface area (Å²) in [5.41, 5.74) is 0.176. The molecule has 0 spiro atoms. The molecule has 0 aliphatic carbocycles. The number of aromatic nitrogens is 2. The van der Waals surface area contributed by atoms with Gasteiger partial charge in [-0.15, -0.1) is 0 Å². The van der Waals surface area contributed by atoms with Crippen LogP contribution in [0.1, 0.15) is 43.5 Å². The molecule has 1 aromatic heterocycles. The van der Waals surface area contributed by atoms with E-state index in [1.54, 1.807) is 13.8 Å². The molecule has 1 aromatic rings. The van der Waals surface area contributed by atoms with Gasteiger partial charge in [0.25, 0.3) is 5.91 Å². The normalized spacial score (nSPS) is 26.8. The molecule has 4 rings (SSSR count). The second kappa shape index (κ2) is 7.31. The predicted molar refractivity (Wildman–Crippen MR) is 108 cm³/mol. The smallest absolute Gasteiger partial charge is 0.291 e. The van der Waals surface area contributed by atoms with Crippen molar-refractivity contribution in [1.29, 1.82) is 0 Å². The van der Waals surface area contributed by atoms with Crippen molar-refractivity contribution in [3.05, 3.63) is 11.5 Å². The fourth-order valence-corrected chi connectivity index (χ4v) is 4.57. The summed E-state index contributed by atoms with van der Waals surface area (Å²) in [5.74, 6) is 0.209. The number of likely N-dealkylation sites (tertiary alicyclic amines) is 1. The van der Waals surface area contributed by atoms with Crippen LogP contribution in [0.4, 0.5) is 5.82 Å². The number of rotatable bonds is 3. The van der Waals surface area contributed by atoms with Gasteiger partial charge in [0, 0.05) is 19.3 Å². The molecule has 0 aromatic carbocycles. The fraction of sp³-hybridized carbons (Fsp3) is 0.737. The predicted octanol–water partition coefficient (Wildman–Crippen LogP) is -0.0508. The Morgan fingerprint density at radius 3 is 2.60 bits per heavy atom. The third-order valence-electron chi connectivity index (χ3n) is 6.19. The number of aliphatic hydroxyl groups excluding tert-OH is 1. The Hall–Kier alpha value is -1.98. The minimum atomic E-state index is -3.58. The second-order valence-corrected chi connectivity index (χ2v) is 11.3. The number of β-amino-alcohol motifs (C(OH)–C–C–N with tert-alkyl or cyclic N) is 1. The van der Waals surface area contributed by atoms with Crippen LogP contribution in [0, 0.1) is 0 Å². The van der Waals surface area contributed by atoms with E-state index in [1.165, 1.54) is 4.90 Å². The van der Waals surface area contributed by atoms with Crippen molar-refractivity contribution in [2.24, 2.45) is 0 Å². The first kappa shape index (κ1) is 21.3. The molecule has 1 N–H and O–H groups in total. The van der Waals surface area contributed by atoms with Gasteiger partial charge in [-0.1, -0.05) is 0 Å². The minimum absolute atomic E-state index is 0.0212. The lowest BCUT2D eigenvalue weighted by Gasteiger charge is -2.45. The molecule has 0 saturated carbocycles.